The number of fused-ring (bicyclic) bond motifs is 1. The summed E-state index contributed by atoms with van der Waals surface area (Å²) in [5.41, 5.74) is 8.30. The third-order valence-electron chi connectivity index (χ3n) is 2.66. The zero-order valence-corrected chi connectivity index (χ0v) is 9.70. The lowest BCUT2D eigenvalue weighted by Crippen LogP contribution is -2.20. The van der Waals surface area contributed by atoms with Gasteiger partial charge in [-0.3, -0.25) is 0 Å². The van der Waals surface area contributed by atoms with Gasteiger partial charge in [0.05, 0.1) is 5.52 Å². The van der Waals surface area contributed by atoms with Crippen molar-refractivity contribution in [3.63, 3.8) is 0 Å². The van der Waals surface area contributed by atoms with E-state index in [2.05, 4.69) is 43.4 Å². The lowest BCUT2D eigenvalue weighted by Gasteiger charge is -2.22. The first-order valence-electron chi connectivity index (χ1n) is 5.14. The molecule has 2 aromatic heterocycles. The summed E-state index contributed by atoms with van der Waals surface area (Å²) >= 11 is 0. The maximum absolute atomic E-state index is 5.89. The number of anilines is 1. The second-order valence-corrected chi connectivity index (χ2v) is 4.94. The van der Waals surface area contributed by atoms with Gasteiger partial charge in [0.1, 0.15) is 5.82 Å². The molecule has 0 radical (unpaired) electrons. The third kappa shape index (κ3) is 1.48. The third-order valence-corrected chi connectivity index (χ3v) is 2.66. The lowest BCUT2D eigenvalue weighted by molar-refractivity contribution is 0.410. The zero-order chi connectivity index (χ0) is 11.2. The monoisotopic (exact) mass is 203 g/mol. The highest BCUT2D eigenvalue weighted by molar-refractivity contribution is 5.92. The maximum atomic E-state index is 5.89. The highest BCUT2D eigenvalue weighted by atomic mass is 15.0. The van der Waals surface area contributed by atoms with Gasteiger partial charge in [-0.1, -0.05) is 0 Å². The number of aryl methyl sites for hydroxylation is 1. The van der Waals surface area contributed by atoms with Crippen LogP contribution in [0.4, 0.5) is 5.82 Å². The smallest absolute Gasteiger partial charge is 0.133 e. The van der Waals surface area contributed by atoms with Crippen LogP contribution in [0.2, 0.25) is 0 Å². The molecule has 0 aromatic carbocycles. The number of hydrogen-bond donors (Lipinski definition) is 1. The quantitative estimate of drug-likeness (QED) is 0.715. The van der Waals surface area contributed by atoms with Gasteiger partial charge >= 0.3 is 0 Å². The van der Waals surface area contributed by atoms with Gasteiger partial charge in [-0.05, 0) is 39.3 Å². The van der Waals surface area contributed by atoms with Crippen molar-refractivity contribution in [2.45, 2.75) is 33.2 Å². The first kappa shape index (κ1) is 10.0. The topological polar surface area (TPSA) is 43.8 Å². The van der Waals surface area contributed by atoms with Crippen molar-refractivity contribution >= 4 is 16.7 Å². The van der Waals surface area contributed by atoms with Crippen molar-refractivity contribution in [1.82, 2.24) is 9.55 Å². The first-order chi connectivity index (χ1) is 6.91. The Morgan fingerprint density at radius 3 is 2.60 bits per heavy atom. The second kappa shape index (κ2) is 2.99. The molecular formula is C12H17N3. The standard InChI is InChI=1S/C12H17N3/c1-8-7-15(12(2,3)4)9-5-6-14-11(13)10(8)9/h5-7H,1-4H3,(H2,13,14). The summed E-state index contributed by atoms with van der Waals surface area (Å²) < 4.78 is 2.25. The summed E-state index contributed by atoms with van der Waals surface area (Å²) in [6, 6.07) is 2.02. The first-order valence-corrected chi connectivity index (χ1v) is 5.14. The number of aromatic nitrogens is 2. The Bertz CT molecular complexity index is 503. The van der Waals surface area contributed by atoms with Crippen LogP contribution in [0.5, 0.6) is 0 Å². The van der Waals surface area contributed by atoms with Crippen molar-refractivity contribution < 1.29 is 0 Å². The normalized spacial score (nSPS) is 12.3. The Balaban J connectivity index is 2.85. The van der Waals surface area contributed by atoms with Crippen LogP contribution >= 0.6 is 0 Å². The van der Waals surface area contributed by atoms with E-state index in [4.69, 9.17) is 5.73 Å². The summed E-state index contributed by atoms with van der Waals surface area (Å²) in [4.78, 5) is 4.13. The van der Waals surface area contributed by atoms with E-state index in [9.17, 15) is 0 Å². The van der Waals surface area contributed by atoms with Crippen LogP contribution in [0, 0.1) is 6.92 Å². The summed E-state index contributed by atoms with van der Waals surface area (Å²) in [6.45, 7) is 8.62. The molecule has 0 fully saturated rings. The molecule has 0 aliphatic heterocycles. The highest BCUT2D eigenvalue weighted by Gasteiger charge is 2.17. The molecule has 0 spiro atoms. The van der Waals surface area contributed by atoms with Gasteiger partial charge < -0.3 is 10.3 Å². The molecule has 2 N–H and O–H groups in total. The number of hydrogen-bond acceptors (Lipinski definition) is 2. The second-order valence-electron chi connectivity index (χ2n) is 4.94. The van der Waals surface area contributed by atoms with Gasteiger partial charge in [0.2, 0.25) is 0 Å². The van der Waals surface area contributed by atoms with E-state index in [1.807, 2.05) is 6.07 Å². The van der Waals surface area contributed by atoms with Crippen LogP contribution in [0.3, 0.4) is 0 Å². The van der Waals surface area contributed by atoms with Crippen molar-refractivity contribution in [3.8, 4) is 0 Å². The van der Waals surface area contributed by atoms with Crippen LogP contribution in [0.1, 0.15) is 26.3 Å². The van der Waals surface area contributed by atoms with Crippen molar-refractivity contribution in [2.75, 3.05) is 5.73 Å². The number of pyridine rings is 1. The predicted octanol–water partition coefficient (Wildman–Crippen LogP) is 2.68. The summed E-state index contributed by atoms with van der Waals surface area (Å²) in [6.07, 6.45) is 3.90. The average molecular weight is 203 g/mol. The molecular weight excluding hydrogens is 186 g/mol. The largest absolute Gasteiger partial charge is 0.383 e. The van der Waals surface area contributed by atoms with E-state index in [-0.39, 0.29) is 5.54 Å². The van der Waals surface area contributed by atoms with Gasteiger partial charge in [-0.15, -0.1) is 0 Å². The van der Waals surface area contributed by atoms with Crippen molar-refractivity contribution in [2.24, 2.45) is 0 Å². The molecule has 0 saturated carbocycles. The van der Waals surface area contributed by atoms with Gasteiger partial charge in [-0.2, -0.15) is 0 Å². The zero-order valence-electron chi connectivity index (χ0n) is 9.70. The lowest BCUT2D eigenvalue weighted by atomic mass is 10.1. The number of nitrogens with two attached hydrogens (primary N) is 1. The molecule has 15 heavy (non-hydrogen) atoms. The van der Waals surface area contributed by atoms with Gasteiger partial charge in [-0.25, -0.2) is 4.98 Å². The van der Waals surface area contributed by atoms with E-state index >= 15 is 0 Å². The molecule has 3 heteroatoms. The Hall–Kier alpha value is -1.51. The molecule has 0 aliphatic carbocycles. The Kier molecular flexibility index (Phi) is 2.00. The predicted molar refractivity (Wildman–Crippen MR) is 63.9 cm³/mol. The minimum absolute atomic E-state index is 0.0697. The van der Waals surface area contributed by atoms with E-state index in [0.717, 1.165) is 10.9 Å². The number of rotatable bonds is 0. The molecule has 0 unspecified atom stereocenters. The number of nitrogens with zero attached hydrogens (tertiary/aromatic N) is 2. The average Bonchev–Trinajstić information content (AvgIpc) is 2.44. The molecule has 3 nitrogen and oxygen atoms in total. The summed E-state index contributed by atoms with van der Waals surface area (Å²) in [7, 11) is 0. The Morgan fingerprint density at radius 2 is 2.00 bits per heavy atom. The van der Waals surface area contributed by atoms with Gasteiger partial charge in [0.25, 0.3) is 0 Å². The minimum atomic E-state index is 0.0697. The Morgan fingerprint density at radius 1 is 1.33 bits per heavy atom. The summed E-state index contributed by atoms with van der Waals surface area (Å²) in [5, 5.41) is 1.08. The van der Waals surface area contributed by atoms with E-state index in [1.54, 1.807) is 6.20 Å². The molecule has 0 aliphatic rings. The minimum Gasteiger partial charge on any atom is -0.383 e. The molecule has 2 aromatic rings. The van der Waals surface area contributed by atoms with E-state index in [0.29, 0.717) is 5.82 Å². The SMILES string of the molecule is Cc1cn(C(C)(C)C)c2ccnc(N)c12. The van der Waals surface area contributed by atoms with Crippen LogP contribution in [-0.4, -0.2) is 9.55 Å². The fourth-order valence-electron chi connectivity index (χ4n) is 1.95. The van der Waals surface area contributed by atoms with E-state index < -0.39 is 0 Å². The van der Waals surface area contributed by atoms with Gasteiger partial charge in [0.15, 0.2) is 0 Å². The summed E-state index contributed by atoms with van der Waals surface area (Å²) in [5.74, 6) is 0.619. The van der Waals surface area contributed by atoms with Gasteiger partial charge in [0, 0.05) is 23.3 Å². The number of nitrogen functional groups attached to an aromatic ring is 1. The van der Waals surface area contributed by atoms with Crippen LogP contribution in [0.15, 0.2) is 18.5 Å². The maximum Gasteiger partial charge on any atom is 0.133 e. The van der Waals surface area contributed by atoms with Crippen LogP contribution in [-0.2, 0) is 5.54 Å². The molecule has 80 valence electrons. The molecule has 0 saturated heterocycles. The fourth-order valence-corrected chi connectivity index (χ4v) is 1.95. The van der Waals surface area contributed by atoms with Crippen molar-refractivity contribution in [1.29, 1.82) is 0 Å². The Labute approximate surface area is 89.9 Å². The van der Waals surface area contributed by atoms with Crippen LogP contribution < -0.4 is 5.73 Å². The molecule has 2 heterocycles. The molecule has 0 bridgehead atoms. The van der Waals surface area contributed by atoms with Crippen molar-refractivity contribution in [3.05, 3.63) is 24.0 Å². The molecule has 2 rings (SSSR count). The molecule has 0 amide bonds. The molecule has 0 atom stereocenters. The van der Waals surface area contributed by atoms with Crippen LogP contribution in [0.25, 0.3) is 10.9 Å². The van der Waals surface area contributed by atoms with E-state index in [1.165, 1.54) is 5.56 Å². The highest BCUT2D eigenvalue weighted by Crippen LogP contribution is 2.29. The fraction of sp³-hybridized carbons (Fsp3) is 0.417.